The Morgan fingerprint density at radius 2 is 2.67 bits per heavy atom. The van der Waals surface area contributed by atoms with E-state index in [9.17, 15) is 4.79 Å². The standard InChI is InChI=1S/C7H10N2O2S/c1-11-6(10)2-5-12-7-8-3-4-9-7/h3-4H,2,5H2,1H3,(H,8,9). The van der Waals surface area contributed by atoms with E-state index in [4.69, 9.17) is 0 Å². The summed E-state index contributed by atoms with van der Waals surface area (Å²) in [4.78, 5) is 17.6. The number of ether oxygens (including phenoxy) is 1. The van der Waals surface area contributed by atoms with Crippen LogP contribution in [0.15, 0.2) is 17.6 Å². The minimum atomic E-state index is -0.186. The van der Waals surface area contributed by atoms with Gasteiger partial charge in [-0.15, -0.1) is 0 Å². The fourth-order valence-electron chi connectivity index (χ4n) is 0.663. The molecular weight excluding hydrogens is 176 g/mol. The zero-order valence-electron chi connectivity index (χ0n) is 6.74. The number of nitrogens with zero attached hydrogens (tertiary/aromatic N) is 1. The number of hydrogen-bond acceptors (Lipinski definition) is 4. The molecule has 1 aromatic heterocycles. The van der Waals surface area contributed by atoms with Crippen LogP contribution in [-0.4, -0.2) is 28.8 Å². The molecule has 0 aromatic carbocycles. The van der Waals surface area contributed by atoms with Gasteiger partial charge >= 0.3 is 5.97 Å². The number of H-pyrrole nitrogens is 1. The quantitative estimate of drug-likeness (QED) is 0.564. The summed E-state index contributed by atoms with van der Waals surface area (Å²) in [5.41, 5.74) is 0. The molecule has 0 bridgehead atoms. The molecule has 1 heterocycles. The lowest BCUT2D eigenvalue weighted by Gasteiger charge is -1.96. The zero-order chi connectivity index (χ0) is 8.81. The van der Waals surface area contributed by atoms with E-state index in [0.29, 0.717) is 12.2 Å². The average molecular weight is 186 g/mol. The van der Waals surface area contributed by atoms with E-state index in [-0.39, 0.29) is 5.97 Å². The molecule has 1 N–H and O–H groups in total. The van der Waals surface area contributed by atoms with E-state index in [1.807, 2.05) is 0 Å². The molecule has 0 spiro atoms. The van der Waals surface area contributed by atoms with Gasteiger partial charge in [-0.25, -0.2) is 4.98 Å². The molecule has 0 aliphatic heterocycles. The SMILES string of the molecule is COC(=O)CCSc1ncc[nH]1. The Morgan fingerprint density at radius 3 is 3.25 bits per heavy atom. The summed E-state index contributed by atoms with van der Waals surface area (Å²) in [7, 11) is 1.39. The summed E-state index contributed by atoms with van der Waals surface area (Å²) in [6.45, 7) is 0. The van der Waals surface area contributed by atoms with Gasteiger partial charge < -0.3 is 9.72 Å². The number of hydrogen-bond donors (Lipinski definition) is 1. The van der Waals surface area contributed by atoms with Crippen LogP contribution < -0.4 is 0 Å². The molecule has 0 saturated heterocycles. The van der Waals surface area contributed by atoms with Crippen LogP contribution in [0.2, 0.25) is 0 Å². The van der Waals surface area contributed by atoms with Crippen molar-refractivity contribution in [3.05, 3.63) is 12.4 Å². The van der Waals surface area contributed by atoms with E-state index in [1.165, 1.54) is 18.9 Å². The summed E-state index contributed by atoms with van der Waals surface area (Å²) in [5.74, 6) is 0.509. The van der Waals surface area contributed by atoms with Crippen molar-refractivity contribution in [1.29, 1.82) is 0 Å². The van der Waals surface area contributed by atoms with Crippen LogP contribution in [0.25, 0.3) is 0 Å². The number of rotatable bonds is 4. The van der Waals surface area contributed by atoms with Crippen molar-refractivity contribution in [2.24, 2.45) is 0 Å². The number of aromatic amines is 1. The van der Waals surface area contributed by atoms with Crippen LogP contribution in [0.5, 0.6) is 0 Å². The number of methoxy groups -OCH3 is 1. The molecule has 0 unspecified atom stereocenters. The molecule has 1 rings (SSSR count). The van der Waals surface area contributed by atoms with Crippen molar-refractivity contribution in [2.75, 3.05) is 12.9 Å². The topological polar surface area (TPSA) is 55.0 Å². The fraction of sp³-hybridized carbons (Fsp3) is 0.429. The number of carbonyl (C=O) groups excluding carboxylic acids is 1. The summed E-state index contributed by atoms with van der Waals surface area (Å²) in [5, 5.41) is 0.832. The largest absolute Gasteiger partial charge is 0.469 e. The summed E-state index contributed by atoms with van der Waals surface area (Å²) in [6, 6.07) is 0. The van der Waals surface area contributed by atoms with Gasteiger partial charge in [0, 0.05) is 18.1 Å². The van der Waals surface area contributed by atoms with Crippen molar-refractivity contribution < 1.29 is 9.53 Å². The van der Waals surface area contributed by atoms with Gasteiger partial charge in [0.15, 0.2) is 5.16 Å². The molecule has 0 aliphatic carbocycles. The zero-order valence-corrected chi connectivity index (χ0v) is 7.56. The van der Waals surface area contributed by atoms with Crippen molar-refractivity contribution in [2.45, 2.75) is 11.6 Å². The van der Waals surface area contributed by atoms with E-state index in [2.05, 4.69) is 14.7 Å². The maximum atomic E-state index is 10.7. The molecule has 0 atom stereocenters. The number of thioether (sulfide) groups is 1. The maximum absolute atomic E-state index is 10.7. The Hall–Kier alpha value is -0.970. The first-order chi connectivity index (χ1) is 5.83. The fourth-order valence-corrected chi connectivity index (χ4v) is 1.41. The second-order valence-electron chi connectivity index (χ2n) is 2.07. The van der Waals surface area contributed by atoms with E-state index >= 15 is 0 Å². The lowest BCUT2D eigenvalue weighted by Crippen LogP contribution is -2.00. The third kappa shape index (κ3) is 2.96. The predicted molar refractivity (Wildman–Crippen MR) is 45.9 cm³/mol. The van der Waals surface area contributed by atoms with Crippen LogP contribution in [0.4, 0.5) is 0 Å². The number of esters is 1. The number of carbonyl (C=O) groups is 1. The lowest BCUT2D eigenvalue weighted by molar-refractivity contribution is -0.140. The normalized spacial score (nSPS) is 9.75. The van der Waals surface area contributed by atoms with Gasteiger partial charge in [0.25, 0.3) is 0 Å². The van der Waals surface area contributed by atoms with Crippen LogP contribution >= 0.6 is 11.8 Å². The molecule has 0 radical (unpaired) electrons. The lowest BCUT2D eigenvalue weighted by atomic mass is 10.5. The monoisotopic (exact) mass is 186 g/mol. The van der Waals surface area contributed by atoms with Gasteiger partial charge in [-0.1, -0.05) is 11.8 Å². The summed E-state index contributed by atoms with van der Waals surface area (Å²) >= 11 is 1.50. The van der Waals surface area contributed by atoms with E-state index in [0.717, 1.165) is 5.16 Å². The molecule has 1 aromatic rings. The predicted octanol–water partition coefficient (Wildman–Crippen LogP) is 1.06. The molecule has 0 amide bonds. The van der Waals surface area contributed by atoms with Gasteiger partial charge in [-0.2, -0.15) is 0 Å². The highest BCUT2D eigenvalue weighted by Crippen LogP contribution is 2.12. The van der Waals surface area contributed by atoms with Gasteiger partial charge in [0.1, 0.15) is 0 Å². The van der Waals surface area contributed by atoms with Gasteiger partial charge in [-0.3, -0.25) is 4.79 Å². The second kappa shape index (κ2) is 4.82. The number of nitrogens with one attached hydrogen (secondary N) is 1. The molecule has 12 heavy (non-hydrogen) atoms. The first-order valence-electron chi connectivity index (χ1n) is 3.52. The third-order valence-corrected chi connectivity index (χ3v) is 2.15. The van der Waals surface area contributed by atoms with E-state index in [1.54, 1.807) is 12.4 Å². The molecule has 5 heteroatoms. The first-order valence-corrected chi connectivity index (χ1v) is 4.50. The smallest absolute Gasteiger partial charge is 0.306 e. The Labute approximate surface area is 74.7 Å². The van der Waals surface area contributed by atoms with Crippen LogP contribution in [0.3, 0.4) is 0 Å². The third-order valence-electron chi connectivity index (χ3n) is 1.25. The van der Waals surface area contributed by atoms with Crippen LogP contribution in [0.1, 0.15) is 6.42 Å². The Bertz CT molecular complexity index is 236. The van der Waals surface area contributed by atoms with Crippen molar-refractivity contribution >= 4 is 17.7 Å². The van der Waals surface area contributed by atoms with Crippen molar-refractivity contribution in [3.8, 4) is 0 Å². The van der Waals surface area contributed by atoms with Crippen LogP contribution in [0, 0.1) is 0 Å². The highest BCUT2D eigenvalue weighted by atomic mass is 32.2. The van der Waals surface area contributed by atoms with Gasteiger partial charge in [0.05, 0.1) is 13.5 Å². The molecule has 4 nitrogen and oxygen atoms in total. The minimum absolute atomic E-state index is 0.186. The Kier molecular flexibility index (Phi) is 3.66. The number of aromatic nitrogens is 2. The first kappa shape index (κ1) is 9.12. The van der Waals surface area contributed by atoms with E-state index < -0.39 is 0 Å². The average Bonchev–Trinajstić information content (AvgIpc) is 2.57. The van der Waals surface area contributed by atoms with Gasteiger partial charge in [0.2, 0.25) is 0 Å². The summed E-state index contributed by atoms with van der Waals surface area (Å²) in [6.07, 6.45) is 3.85. The highest BCUT2D eigenvalue weighted by molar-refractivity contribution is 7.99. The number of imidazole rings is 1. The molecule has 0 fully saturated rings. The van der Waals surface area contributed by atoms with Crippen molar-refractivity contribution in [3.63, 3.8) is 0 Å². The molecule has 66 valence electrons. The summed E-state index contributed by atoms with van der Waals surface area (Å²) < 4.78 is 4.49. The molecule has 0 saturated carbocycles. The second-order valence-corrected chi connectivity index (χ2v) is 3.15. The molecular formula is C7H10N2O2S. The van der Waals surface area contributed by atoms with Crippen LogP contribution in [-0.2, 0) is 9.53 Å². The molecule has 0 aliphatic rings. The van der Waals surface area contributed by atoms with Crippen molar-refractivity contribution in [1.82, 2.24) is 9.97 Å². The Morgan fingerprint density at radius 1 is 1.83 bits per heavy atom. The highest BCUT2D eigenvalue weighted by Gasteiger charge is 2.01. The van der Waals surface area contributed by atoms with Gasteiger partial charge in [-0.05, 0) is 0 Å². The maximum Gasteiger partial charge on any atom is 0.306 e. The Balaban J connectivity index is 2.15. The minimum Gasteiger partial charge on any atom is -0.469 e.